The Morgan fingerprint density at radius 3 is 2.52 bits per heavy atom. The van der Waals surface area contributed by atoms with Crippen molar-refractivity contribution >= 4 is 22.2 Å². The van der Waals surface area contributed by atoms with Gasteiger partial charge in [0.25, 0.3) is 5.56 Å². The quantitative estimate of drug-likeness (QED) is 0.498. The van der Waals surface area contributed by atoms with Crippen LogP contribution in [0.1, 0.15) is 28.4 Å². The lowest BCUT2D eigenvalue weighted by atomic mass is 10.1. The number of benzene rings is 1. The molecule has 1 aromatic carbocycles. The molecule has 0 radical (unpaired) electrons. The minimum absolute atomic E-state index is 0.118. The third-order valence-electron chi connectivity index (χ3n) is 5.38. The van der Waals surface area contributed by atoms with Gasteiger partial charge in [0, 0.05) is 18.8 Å². The summed E-state index contributed by atoms with van der Waals surface area (Å²) in [6.45, 7) is 2.29. The number of aryl methyl sites for hydroxylation is 1. The molecule has 3 heterocycles. The molecule has 1 amide bonds. The number of hydrogen-bond acceptors (Lipinski definition) is 8. The number of cyclic esters (lactones) is 1. The fraction of sp³-hybridized carbons (Fsp3) is 0.350. The lowest BCUT2D eigenvalue weighted by Gasteiger charge is -2.17. The van der Waals surface area contributed by atoms with E-state index in [1.165, 1.54) is 27.8 Å². The zero-order valence-corrected chi connectivity index (χ0v) is 17.6. The van der Waals surface area contributed by atoms with E-state index >= 15 is 0 Å². The van der Waals surface area contributed by atoms with Crippen molar-refractivity contribution in [1.82, 2.24) is 9.47 Å². The Bertz CT molecular complexity index is 1200. The summed E-state index contributed by atoms with van der Waals surface area (Å²) in [5, 5.41) is 0. The van der Waals surface area contributed by atoms with Crippen molar-refractivity contribution in [2.75, 3.05) is 20.3 Å². The van der Waals surface area contributed by atoms with Crippen LogP contribution >= 0.6 is 0 Å². The highest BCUT2D eigenvalue weighted by atomic mass is 32.2. The van der Waals surface area contributed by atoms with Crippen molar-refractivity contribution in [3.63, 3.8) is 0 Å². The highest BCUT2D eigenvalue weighted by Crippen LogP contribution is 2.32. The lowest BCUT2D eigenvalue weighted by Crippen LogP contribution is -2.30. The smallest absolute Gasteiger partial charge is 0.410 e. The number of nitrogens with zero attached hydrogens (tertiary/aromatic N) is 2. The first kappa shape index (κ1) is 20.9. The summed E-state index contributed by atoms with van der Waals surface area (Å²) < 4.78 is 41.5. The van der Waals surface area contributed by atoms with E-state index < -0.39 is 39.5 Å². The van der Waals surface area contributed by atoms with Gasteiger partial charge >= 0.3 is 22.2 Å². The molecule has 0 aliphatic carbocycles. The maximum atomic E-state index is 12.8. The van der Waals surface area contributed by atoms with Gasteiger partial charge in [0.15, 0.2) is 5.75 Å². The first-order valence-corrected chi connectivity index (χ1v) is 10.9. The van der Waals surface area contributed by atoms with Crippen LogP contribution < -0.4 is 9.74 Å². The van der Waals surface area contributed by atoms with Gasteiger partial charge in [-0.05, 0) is 25.5 Å². The molecule has 2 aliphatic rings. The van der Waals surface area contributed by atoms with Gasteiger partial charge in [-0.25, -0.2) is 9.59 Å². The summed E-state index contributed by atoms with van der Waals surface area (Å²) in [5.74, 6) is -1.28. The van der Waals surface area contributed by atoms with E-state index in [-0.39, 0.29) is 29.7 Å². The minimum Gasteiger partial charge on any atom is -0.465 e. The second-order valence-corrected chi connectivity index (χ2v) is 8.96. The average molecular weight is 448 g/mol. The molecule has 10 nitrogen and oxygen atoms in total. The molecule has 2 aliphatic heterocycles. The second-order valence-electron chi connectivity index (χ2n) is 7.41. The van der Waals surface area contributed by atoms with Crippen molar-refractivity contribution in [2.24, 2.45) is 0 Å². The predicted octanol–water partition coefficient (Wildman–Crippen LogP) is 1.48. The number of hydrogen-bond donors (Lipinski definition) is 0. The molecule has 164 valence electrons. The van der Waals surface area contributed by atoms with E-state index in [0.29, 0.717) is 6.42 Å². The maximum absolute atomic E-state index is 12.8. The Balaban J connectivity index is 1.70. The topological polar surface area (TPSA) is 121 Å². The van der Waals surface area contributed by atoms with Crippen molar-refractivity contribution in [2.45, 2.75) is 30.3 Å². The van der Waals surface area contributed by atoms with Gasteiger partial charge in [0.05, 0.1) is 19.2 Å². The Kier molecular flexibility index (Phi) is 5.21. The normalized spacial score (nSPS) is 20.3. The lowest BCUT2D eigenvalue weighted by molar-refractivity contribution is 0.0597. The largest absolute Gasteiger partial charge is 0.465 e. The van der Waals surface area contributed by atoms with E-state index in [0.717, 1.165) is 18.7 Å². The Hall–Kier alpha value is -3.34. The van der Waals surface area contributed by atoms with Gasteiger partial charge in [0.2, 0.25) is 0 Å². The molecule has 0 unspecified atom stereocenters. The van der Waals surface area contributed by atoms with Gasteiger partial charge in [-0.1, -0.05) is 17.7 Å². The van der Waals surface area contributed by atoms with Crippen molar-refractivity contribution in [1.29, 1.82) is 0 Å². The summed E-state index contributed by atoms with van der Waals surface area (Å²) in [5.41, 5.74) is 0.0754. The fourth-order valence-electron chi connectivity index (χ4n) is 3.75. The SMILES string of the molecule is COC(=O)c1cn([C@@H]2C[C@H]3COC(=O)N3C2)c(=O)cc1OS(=O)(=O)c1ccc(C)cc1. The first-order chi connectivity index (χ1) is 14.7. The van der Waals surface area contributed by atoms with Crippen molar-refractivity contribution in [3.05, 3.63) is 58.0 Å². The highest BCUT2D eigenvalue weighted by molar-refractivity contribution is 7.87. The zero-order chi connectivity index (χ0) is 22.3. The molecule has 0 saturated carbocycles. The predicted molar refractivity (Wildman–Crippen MR) is 107 cm³/mol. The molecular formula is C20H20N2O8S. The third-order valence-corrected chi connectivity index (χ3v) is 6.63. The summed E-state index contributed by atoms with van der Waals surface area (Å²) in [4.78, 5) is 38.3. The van der Waals surface area contributed by atoms with Crippen LogP contribution in [-0.2, 0) is 19.6 Å². The molecule has 2 saturated heterocycles. The number of carbonyl (C=O) groups is 2. The fourth-order valence-corrected chi connectivity index (χ4v) is 4.68. The molecule has 0 spiro atoms. The number of aromatic nitrogens is 1. The molecule has 2 aromatic rings. The van der Waals surface area contributed by atoms with Crippen LogP contribution in [0, 0.1) is 6.92 Å². The van der Waals surface area contributed by atoms with Gasteiger partial charge < -0.3 is 18.2 Å². The van der Waals surface area contributed by atoms with E-state index in [4.69, 9.17) is 13.7 Å². The first-order valence-electron chi connectivity index (χ1n) is 9.48. The maximum Gasteiger partial charge on any atom is 0.410 e. The van der Waals surface area contributed by atoms with Gasteiger partial charge in [-0.3, -0.25) is 9.69 Å². The number of rotatable bonds is 5. The molecule has 11 heteroatoms. The highest BCUT2D eigenvalue weighted by Gasteiger charge is 2.42. The van der Waals surface area contributed by atoms with E-state index in [1.807, 2.05) is 0 Å². The monoisotopic (exact) mass is 448 g/mol. The molecule has 31 heavy (non-hydrogen) atoms. The van der Waals surface area contributed by atoms with E-state index in [9.17, 15) is 22.8 Å². The molecule has 4 rings (SSSR count). The molecule has 2 fully saturated rings. The summed E-state index contributed by atoms with van der Waals surface area (Å²) >= 11 is 0. The zero-order valence-electron chi connectivity index (χ0n) is 16.8. The molecule has 2 atom stereocenters. The molecule has 1 aromatic heterocycles. The second kappa shape index (κ2) is 7.73. The van der Waals surface area contributed by atoms with Crippen LogP contribution in [0.15, 0.2) is 46.2 Å². The number of esters is 1. The van der Waals surface area contributed by atoms with Gasteiger partial charge in [0.1, 0.15) is 17.1 Å². The Morgan fingerprint density at radius 2 is 1.87 bits per heavy atom. The van der Waals surface area contributed by atoms with Crippen LogP contribution in [0.25, 0.3) is 0 Å². The molecular weight excluding hydrogens is 428 g/mol. The summed E-state index contributed by atoms with van der Waals surface area (Å²) in [7, 11) is -3.15. The average Bonchev–Trinajstić information content (AvgIpc) is 3.29. The minimum atomic E-state index is -4.29. The Labute approximate surface area is 178 Å². The standard InChI is InChI=1S/C20H20N2O8S/c1-12-3-5-15(6-4-12)31(26,27)30-17-8-18(23)21(10-16(17)19(24)28-2)13-7-14-11-29-20(25)22(14)9-13/h3-6,8,10,13-14H,7,9,11H2,1-2H3/t13-,14+/m1/s1. The van der Waals surface area contributed by atoms with Crippen molar-refractivity contribution in [3.8, 4) is 5.75 Å². The number of amides is 1. The number of fused-ring (bicyclic) bond motifs is 1. The molecule has 0 N–H and O–H groups in total. The number of ether oxygens (including phenoxy) is 2. The third kappa shape index (κ3) is 3.88. The van der Waals surface area contributed by atoms with Crippen LogP contribution in [-0.4, -0.2) is 56.3 Å². The van der Waals surface area contributed by atoms with Gasteiger partial charge in [-0.15, -0.1) is 0 Å². The van der Waals surface area contributed by atoms with Crippen LogP contribution in [0.4, 0.5) is 4.79 Å². The number of pyridine rings is 1. The summed E-state index contributed by atoms with van der Waals surface area (Å²) in [6.07, 6.45) is 1.23. The summed E-state index contributed by atoms with van der Waals surface area (Å²) in [6, 6.07) is 6.35. The number of methoxy groups -OCH3 is 1. The van der Waals surface area contributed by atoms with E-state index in [1.54, 1.807) is 19.1 Å². The number of carbonyl (C=O) groups excluding carboxylic acids is 2. The van der Waals surface area contributed by atoms with Crippen molar-refractivity contribution < 1.29 is 31.7 Å². The van der Waals surface area contributed by atoms with Gasteiger partial charge in [-0.2, -0.15) is 8.42 Å². The van der Waals surface area contributed by atoms with Crippen LogP contribution in [0.3, 0.4) is 0 Å². The molecule has 0 bridgehead atoms. The van der Waals surface area contributed by atoms with E-state index in [2.05, 4.69) is 0 Å². The van der Waals surface area contributed by atoms with Crippen LogP contribution in [0.5, 0.6) is 5.75 Å². The Morgan fingerprint density at radius 1 is 1.16 bits per heavy atom. The van der Waals surface area contributed by atoms with Crippen LogP contribution in [0.2, 0.25) is 0 Å².